The maximum atomic E-state index is 6.18. The van der Waals surface area contributed by atoms with Crippen molar-refractivity contribution in [2.75, 3.05) is 5.73 Å². The first kappa shape index (κ1) is 12.4. The van der Waals surface area contributed by atoms with E-state index >= 15 is 0 Å². The molecule has 0 fully saturated rings. The van der Waals surface area contributed by atoms with Gasteiger partial charge in [-0.05, 0) is 0 Å². The van der Waals surface area contributed by atoms with Crippen LogP contribution in [0.1, 0.15) is 25.6 Å². The summed E-state index contributed by atoms with van der Waals surface area (Å²) in [5, 5.41) is 4.16. The van der Waals surface area contributed by atoms with E-state index in [9.17, 15) is 0 Å². The average molecular weight is 245 g/mol. The Bertz CT molecular complexity index is 562. The molecule has 0 bridgehead atoms. The summed E-state index contributed by atoms with van der Waals surface area (Å²) in [5.41, 5.74) is 7.93. The van der Waals surface area contributed by atoms with Crippen molar-refractivity contribution in [3.63, 3.8) is 0 Å². The van der Waals surface area contributed by atoms with Crippen LogP contribution in [0.25, 0.3) is 11.3 Å². The van der Waals surface area contributed by atoms with Crippen LogP contribution in [-0.4, -0.2) is 19.3 Å². The molecule has 0 saturated carbocycles. The molecule has 2 heterocycles. The van der Waals surface area contributed by atoms with Crippen molar-refractivity contribution >= 4 is 5.82 Å². The van der Waals surface area contributed by atoms with Crippen LogP contribution in [0.3, 0.4) is 0 Å². The Hall–Kier alpha value is -2.04. The number of rotatable bonds is 4. The SMILES string of the molecule is C=CCn1c(C(C)C)nc(-c2cnn(C)c2)c1N. The largest absolute Gasteiger partial charge is 0.383 e. The number of imidazole rings is 1. The Kier molecular flexibility index (Phi) is 3.23. The van der Waals surface area contributed by atoms with E-state index in [4.69, 9.17) is 5.73 Å². The zero-order chi connectivity index (χ0) is 13.3. The predicted molar refractivity (Wildman–Crippen MR) is 73.1 cm³/mol. The van der Waals surface area contributed by atoms with Crippen LogP contribution in [0.2, 0.25) is 0 Å². The van der Waals surface area contributed by atoms with Gasteiger partial charge in [-0.2, -0.15) is 5.10 Å². The molecule has 0 atom stereocenters. The Labute approximate surface area is 107 Å². The second-order valence-electron chi connectivity index (χ2n) is 4.66. The minimum absolute atomic E-state index is 0.317. The molecule has 0 spiro atoms. The first-order chi connectivity index (χ1) is 8.54. The molecular weight excluding hydrogens is 226 g/mol. The maximum absolute atomic E-state index is 6.18. The van der Waals surface area contributed by atoms with E-state index in [-0.39, 0.29) is 0 Å². The first-order valence-corrected chi connectivity index (χ1v) is 6.00. The van der Waals surface area contributed by atoms with Gasteiger partial charge in [-0.3, -0.25) is 4.68 Å². The van der Waals surface area contributed by atoms with Crippen molar-refractivity contribution in [2.24, 2.45) is 7.05 Å². The number of allylic oxidation sites excluding steroid dienone is 1. The van der Waals surface area contributed by atoms with Crippen LogP contribution in [0.5, 0.6) is 0 Å². The molecule has 5 heteroatoms. The van der Waals surface area contributed by atoms with E-state index in [1.807, 2.05) is 23.9 Å². The Morgan fingerprint density at radius 2 is 2.22 bits per heavy atom. The highest BCUT2D eigenvalue weighted by Crippen LogP contribution is 2.28. The molecule has 2 N–H and O–H groups in total. The Balaban J connectivity index is 2.55. The van der Waals surface area contributed by atoms with Crippen molar-refractivity contribution in [2.45, 2.75) is 26.3 Å². The van der Waals surface area contributed by atoms with Gasteiger partial charge in [-0.15, -0.1) is 6.58 Å². The van der Waals surface area contributed by atoms with Crippen LogP contribution >= 0.6 is 0 Å². The van der Waals surface area contributed by atoms with Crippen LogP contribution < -0.4 is 5.73 Å². The van der Waals surface area contributed by atoms with Crippen LogP contribution in [0.15, 0.2) is 25.0 Å². The molecule has 2 aromatic heterocycles. The molecule has 18 heavy (non-hydrogen) atoms. The zero-order valence-electron chi connectivity index (χ0n) is 11.1. The third kappa shape index (κ3) is 2.03. The molecule has 96 valence electrons. The van der Waals surface area contributed by atoms with Crippen molar-refractivity contribution in [1.29, 1.82) is 0 Å². The standard InChI is InChI=1S/C13H19N5/c1-5-6-18-12(14)11(16-13(18)9(2)3)10-7-15-17(4)8-10/h5,7-9H,1,6,14H2,2-4H3. The third-order valence-corrected chi connectivity index (χ3v) is 2.84. The number of anilines is 1. The molecule has 5 nitrogen and oxygen atoms in total. The topological polar surface area (TPSA) is 61.7 Å². The van der Waals surface area contributed by atoms with Crippen LogP contribution in [0.4, 0.5) is 5.82 Å². The van der Waals surface area contributed by atoms with Crippen molar-refractivity contribution in [1.82, 2.24) is 19.3 Å². The molecule has 0 unspecified atom stereocenters. The van der Waals surface area contributed by atoms with Gasteiger partial charge in [0.2, 0.25) is 0 Å². The maximum Gasteiger partial charge on any atom is 0.132 e. The monoisotopic (exact) mass is 245 g/mol. The molecular formula is C13H19N5. The summed E-state index contributed by atoms with van der Waals surface area (Å²) in [6.07, 6.45) is 5.53. The molecule has 0 aliphatic rings. The van der Waals surface area contributed by atoms with E-state index in [1.54, 1.807) is 10.9 Å². The highest BCUT2D eigenvalue weighted by Gasteiger charge is 2.18. The quantitative estimate of drug-likeness (QED) is 0.840. The third-order valence-electron chi connectivity index (χ3n) is 2.84. The van der Waals surface area contributed by atoms with E-state index in [0.29, 0.717) is 18.3 Å². The van der Waals surface area contributed by atoms with Gasteiger partial charge in [0.05, 0.1) is 6.20 Å². The van der Waals surface area contributed by atoms with Gasteiger partial charge in [0.15, 0.2) is 0 Å². The van der Waals surface area contributed by atoms with Gasteiger partial charge in [0.1, 0.15) is 17.3 Å². The predicted octanol–water partition coefficient (Wildman–Crippen LogP) is 2.18. The lowest BCUT2D eigenvalue weighted by Crippen LogP contribution is -2.07. The lowest BCUT2D eigenvalue weighted by molar-refractivity contribution is 0.684. The lowest BCUT2D eigenvalue weighted by Gasteiger charge is -2.08. The molecule has 2 rings (SSSR count). The van der Waals surface area contributed by atoms with Crippen molar-refractivity contribution in [3.8, 4) is 11.3 Å². The highest BCUT2D eigenvalue weighted by molar-refractivity contribution is 5.70. The highest BCUT2D eigenvalue weighted by atomic mass is 15.2. The number of hydrogen-bond acceptors (Lipinski definition) is 3. The molecule has 0 aliphatic heterocycles. The molecule has 2 aromatic rings. The van der Waals surface area contributed by atoms with Crippen LogP contribution in [0, 0.1) is 0 Å². The fourth-order valence-corrected chi connectivity index (χ4v) is 2.00. The summed E-state index contributed by atoms with van der Waals surface area (Å²) in [6, 6.07) is 0. The van der Waals surface area contributed by atoms with Crippen molar-refractivity contribution in [3.05, 3.63) is 30.9 Å². The van der Waals surface area contributed by atoms with Gasteiger partial charge in [-0.25, -0.2) is 4.98 Å². The van der Waals surface area contributed by atoms with E-state index in [2.05, 4.69) is 30.5 Å². The fraction of sp³-hybridized carbons (Fsp3) is 0.385. The van der Waals surface area contributed by atoms with Crippen molar-refractivity contribution < 1.29 is 0 Å². The summed E-state index contributed by atoms with van der Waals surface area (Å²) >= 11 is 0. The normalized spacial score (nSPS) is 11.1. The Morgan fingerprint density at radius 3 is 2.72 bits per heavy atom. The minimum atomic E-state index is 0.317. The Morgan fingerprint density at radius 1 is 1.50 bits per heavy atom. The summed E-state index contributed by atoms with van der Waals surface area (Å²) in [7, 11) is 1.88. The number of nitrogens with two attached hydrogens (primary N) is 1. The van der Waals surface area contributed by atoms with E-state index < -0.39 is 0 Å². The second-order valence-corrected chi connectivity index (χ2v) is 4.66. The average Bonchev–Trinajstić information content (AvgIpc) is 2.85. The number of hydrogen-bond donors (Lipinski definition) is 1. The molecule has 0 aliphatic carbocycles. The van der Waals surface area contributed by atoms with Crippen LogP contribution in [-0.2, 0) is 13.6 Å². The first-order valence-electron chi connectivity index (χ1n) is 6.00. The summed E-state index contributed by atoms with van der Waals surface area (Å²) in [5.74, 6) is 1.97. The fourth-order valence-electron chi connectivity index (χ4n) is 2.00. The summed E-state index contributed by atoms with van der Waals surface area (Å²) in [4.78, 5) is 4.65. The van der Waals surface area contributed by atoms with Gasteiger partial charge < -0.3 is 10.3 Å². The lowest BCUT2D eigenvalue weighted by atomic mass is 10.2. The summed E-state index contributed by atoms with van der Waals surface area (Å²) in [6.45, 7) is 8.65. The molecule has 0 radical (unpaired) electrons. The second kappa shape index (κ2) is 4.68. The van der Waals surface area contributed by atoms with E-state index in [1.165, 1.54) is 0 Å². The van der Waals surface area contributed by atoms with Gasteiger partial charge in [0, 0.05) is 31.3 Å². The minimum Gasteiger partial charge on any atom is -0.383 e. The number of aromatic nitrogens is 4. The zero-order valence-corrected chi connectivity index (χ0v) is 11.1. The number of nitrogens with zero attached hydrogens (tertiary/aromatic N) is 4. The number of nitrogen functional groups attached to an aromatic ring is 1. The van der Waals surface area contributed by atoms with Gasteiger partial charge in [0.25, 0.3) is 0 Å². The van der Waals surface area contributed by atoms with Gasteiger partial charge in [-0.1, -0.05) is 19.9 Å². The molecule has 0 aromatic carbocycles. The summed E-state index contributed by atoms with van der Waals surface area (Å²) < 4.78 is 3.75. The molecule has 0 amide bonds. The van der Waals surface area contributed by atoms with E-state index in [0.717, 1.165) is 17.1 Å². The van der Waals surface area contributed by atoms with Gasteiger partial charge >= 0.3 is 0 Å². The smallest absolute Gasteiger partial charge is 0.132 e. The molecule has 0 saturated heterocycles. The number of aryl methyl sites for hydroxylation is 1.